The van der Waals surface area contributed by atoms with E-state index in [1.54, 1.807) is 41.2 Å². The minimum Gasteiger partial charge on any atom is -0.495 e. The van der Waals surface area contributed by atoms with Crippen molar-refractivity contribution in [3.63, 3.8) is 0 Å². The lowest BCUT2D eigenvalue weighted by atomic mass is 10.0. The standard InChI is InChI=1S/C20H19BrFN3O3/c1-25-8-7-23-19(25)18(12-5-4-6-14(22)9-12)24-20(26)13-10-15(27-2)17(21)16(11-13)28-3/h4-11,18H,1-3H3,(H,24,26)/t18-/m1/s1. The number of ether oxygens (including phenoxy) is 2. The minimum absolute atomic E-state index is 0.340. The Morgan fingerprint density at radius 2 is 1.89 bits per heavy atom. The second-order valence-corrected chi connectivity index (χ2v) is 6.85. The minimum atomic E-state index is -0.635. The molecule has 2 aromatic carbocycles. The fourth-order valence-electron chi connectivity index (χ4n) is 2.85. The number of aryl methyl sites for hydroxylation is 1. The maximum atomic E-state index is 13.8. The highest BCUT2D eigenvalue weighted by molar-refractivity contribution is 9.10. The van der Waals surface area contributed by atoms with E-state index in [1.165, 1.54) is 26.4 Å². The smallest absolute Gasteiger partial charge is 0.252 e. The second-order valence-electron chi connectivity index (χ2n) is 6.05. The van der Waals surface area contributed by atoms with Gasteiger partial charge in [-0.3, -0.25) is 4.79 Å². The first-order valence-electron chi connectivity index (χ1n) is 8.39. The molecular formula is C20H19BrFN3O3. The molecule has 1 heterocycles. The van der Waals surface area contributed by atoms with Crippen LogP contribution in [0, 0.1) is 5.82 Å². The third-order valence-electron chi connectivity index (χ3n) is 4.28. The summed E-state index contributed by atoms with van der Waals surface area (Å²) >= 11 is 3.38. The van der Waals surface area contributed by atoms with E-state index < -0.39 is 11.9 Å². The van der Waals surface area contributed by atoms with Crippen molar-refractivity contribution in [2.45, 2.75) is 6.04 Å². The summed E-state index contributed by atoms with van der Waals surface area (Å²) in [5.41, 5.74) is 0.922. The lowest BCUT2D eigenvalue weighted by molar-refractivity contribution is 0.0940. The molecule has 1 aromatic heterocycles. The Kier molecular flexibility index (Phi) is 5.99. The van der Waals surface area contributed by atoms with Gasteiger partial charge in [-0.25, -0.2) is 9.37 Å². The predicted octanol–water partition coefficient (Wildman–Crippen LogP) is 3.86. The number of carbonyl (C=O) groups excluding carboxylic acids is 1. The van der Waals surface area contributed by atoms with Gasteiger partial charge in [0.15, 0.2) is 0 Å². The molecule has 8 heteroatoms. The first-order valence-corrected chi connectivity index (χ1v) is 9.19. The van der Waals surface area contributed by atoms with E-state index in [-0.39, 0.29) is 5.91 Å². The fraction of sp³-hybridized carbons (Fsp3) is 0.200. The molecule has 6 nitrogen and oxygen atoms in total. The molecule has 146 valence electrons. The van der Waals surface area contributed by atoms with Crippen LogP contribution >= 0.6 is 15.9 Å². The van der Waals surface area contributed by atoms with Crippen molar-refractivity contribution in [3.8, 4) is 11.5 Å². The fourth-order valence-corrected chi connectivity index (χ4v) is 3.41. The zero-order valence-corrected chi connectivity index (χ0v) is 17.2. The summed E-state index contributed by atoms with van der Waals surface area (Å²) in [6.07, 6.45) is 3.39. The summed E-state index contributed by atoms with van der Waals surface area (Å²) in [4.78, 5) is 17.3. The normalized spacial score (nSPS) is 11.8. The molecule has 3 rings (SSSR count). The second kappa shape index (κ2) is 8.43. The molecule has 0 aliphatic carbocycles. The van der Waals surface area contributed by atoms with Crippen LogP contribution in [0.3, 0.4) is 0 Å². The van der Waals surface area contributed by atoms with Crippen LogP contribution in [0.1, 0.15) is 27.8 Å². The molecule has 1 atom stereocenters. The molecule has 0 saturated heterocycles. The number of methoxy groups -OCH3 is 2. The summed E-state index contributed by atoms with van der Waals surface area (Å²) in [6, 6.07) is 8.63. The molecule has 0 unspecified atom stereocenters. The Labute approximate surface area is 170 Å². The zero-order valence-electron chi connectivity index (χ0n) is 15.6. The summed E-state index contributed by atoms with van der Waals surface area (Å²) in [7, 11) is 4.82. The molecule has 0 radical (unpaired) electrons. The van der Waals surface area contributed by atoms with Gasteiger partial charge in [-0.15, -0.1) is 0 Å². The highest BCUT2D eigenvalue weighted by Crippen LogP contribution is 2.36. The Balaban J connectivity index is 2.00. The van der Waals surface area contributed by atoms with Gasteiger partial charge in [-0.1, -0.05) is 12.1 Å². The number of imidazole rings is 1. The quantitative estimate of drug-likeness (QED) is 0.622. The number of halogens is 2. The van der Waals surface area contributed by atoms with E-state index in [9.17, 15) is 9.18 Å². The van der Waals surface area contributed by atoms with Gasteiger partial charge in [-0.2, -0.15) is 0 Å². The van der Waals surface area contributed by atoms with Gasteiger partial charge in [0.25, 0.3) is 5.91 Å². The Hall–Kier alpha value is -2.87. The molecule has 0 spiro atoms. The number of hydrogen-bond acceptors (Lipinski definition) is 4. The van der Waals surface area contributed by atoms with Crippen LogP contribution in [0.5, 0.6) is 11.5 Å². The van der Waals surface area contributed by atoms with E-state index >= 15 is 0 Å². The molecule has 0 saturated carbocycles. The zero-order chi connectivity index (χ0) is 20.3. The highest BCUT2D eigenvalue weighted by atomic mass is 79.9. The largest absolute Gasteiger partial charge is 0.495 e. The van der Waals surface area contributed by atoms with E-state index in [2.05, 4.69) is 26.2 Å². The van der Waals surface area contributed by atoms with Crippen LogP contribution in [0.4, 0.5) is 4.39 Å². The lowest BCUT2D eigenvalue weighted by Crippen LogP contribution is -2.31. The van der Waals surface area contributed by atoms with E-state index in [0.29, 0.717) is 32.9 Å². The van der Waals surface area contributed by atoms with E-state index in [0.717, 1.165) is 0 Å². The van der Waals surface area contributed by atoms with Crippen molar-refractivity contribution in [2.24, 2.45) is 7.05 Å². The molecule has 28 heavy (non-hydrogen) atoms. The van der Waals surface area contributed by atoms with Crippen LogP contribution in [0.15, 0.2) is 53.3 Å². The van der Waals surface area contributed by atoms with Gasteiger partial charge < -0.3 is 19.4 Å². The SMILES string of the molecule is COc1cc(C(=O)N[C@H](c2cccc(F)c2)c2nccn2C)cc(OC)c1Br. The summed E-state index contributed by atoms with van der Waals surface area (Å²) < 4.78 is 26.8. The van der Waals surface area contributed by atoms with Crippen molar-refractivity contribution in [1.29, 1.82) is 0 Å². The van der Waals surface area contributed by atoms with Gasteiger partial charge in [0.1, 0.15) is 33.7 Å². The third-order valence-corrected chi connectivity index (χ3v) is 5.06. The molecule has 0 fully saturated rings. The van der Waals surface area contributed by atoms with Crippen LogP contribution in [0.25, 0.3) is 0 Å². The predicted molar refractivity (Wildman–Crippen MR) is 106 cm³/mol. The van der Waals surface area contributed by atoms with Gasteiger partial charge in [0.05, 0.1) is 14.2 Å². The number of amides is 1. The molecule has 0 aliphatic rings. The Morgan fingerprint density at radius 1 is 1.21 bits per heavy atom. The van der Waals surface area contributed by atoms with Crippen molar-refractivity contribution < 1.29 is 18.7 Å². The number of hydrogen-bond donors (Lipinski definition) is 1. The molecule has 0 bridgehead atoms. The monoisotopic (exact) mass is 447 g/mol. The van der Waals surface area contributed by atoms with Gasteiger partial charge in [0, 0.05) is 25.0 Å². The van der Waals surface area contributed by atoms with Crippen LogP contribution in [0.2, 0.25) is 0 Å². The van der Waals surface area contributed by atoms with Crippen LogP contribution in [-0.4, -0.2) is 29.7 Å². The maximum Gasteiger partial charge on any atom is 0.252 e. The summed E-state index contributed by atoms with van der Waals surface area (Å²) in [6.45, 7) is 0. The average Bonchev–Trinajstić information content (AvgIpc) is 3.11. The molecule has 1 amide bonds. The van der Waals surface area contributed by atoms with E-state index in [1.807, 2.05) is 7.05 Å². The van der Waals surface area contributed by atoms with Gasteiger partial charge in [0.2, 0.25) is 0 Å². The first kappa shape index (κ1) is 19.9. The Bertz CT molecular complexity index is 981. The van der Waals surface area contributed by atoms with Crippen molar-refractivity contribution >= 4 is 21.8 Å². The topological polar surface area (TPSA) is 65.4 Å². The number of nitrogens with one attached hydrogen (secondary N) is 1. The molecule has 0 aliphatic heterocycles. The number of benzene rings is 2. The van der Waals surface area contributed by atoms with Crippen LogP contribution < -0.4 is 14.8 Å². The average molecular weight is 448 g/mol. The summed E-state index contributed by atoms with van der Waals surface area (Å²) in [5, 5.41) is 2.93. The summed E-state index contributed by atoms with van der Waals surface area (Å²) in [5.74, 6) is 0.738. The van der Waals surface area contributed by atoms with Crippen molar-refractivity contribution in [3.05, 3.63) is 76.0 Å². The van der Waals surface area contributed by atoms with Crippen molar-refractivity contribution in [1.82, 2.24) is 14.9 Å². The van der Waals surface area contributed by atoms with Gasteiger partial charge >= 0.3 is 0 Å². The number of carbonyl (C=O) groups is 1. The molecule has 3 aromatic rings. The lowest BCUT2D eigenvalue weighted by Gasteiger charge is -2.20. The Morgan fingerprint density at radius 3 is 2.43 bits per heavy atom. The highest BCUT2D eigenvalue weighted by Gasteiger charge is 2.23. The molecular weight excluding hydrogens is 429 g/mol. The first-order chi connectivity index (χ1) is 13.4. The third kappa shape index (κ3) is 4.01. The number of rotatable bonds is 6. The van der Waals surface area contributed by atoms with Gasteiger partial charge in [-0.05, 0) is 45.8 Å². The number of aromatic nitrogens is 2. The molecule has 1 N–H and O–H groups in total. The van der Waals surface area contributed by atoms with Crippen LogP contribution in [-0.2, 0) is 7.05 Å². The number of nitrogens with zero attached hydrogens (tertiary/aromatic N) is 2. The van der Waals surface area contributed by atoms with Crippen molar-refractivity contribution in [2.75, 3.05) is 14.2 Å². The van der Waals surface area contributed by atoms with E-state index in [4.69, 9.17) is 9.47 Å². The maximum absolute atomic E-state index is 13.8.